The van der Waals surface area contributed by atoms with Gasteiger partial charge in [0.25, 0.3) is 5.91 Å². The van der Waals surface area contributed by atoms with Crippen LogP contribution in [0, 0.1) is 12.3 Å². The molecular weight excluding hydrogens is 428 g/mol. The van der Waals surface area contributed by atoms with Gasteiger partial charge in [0.15, 0.2) is 16.3 Å². The van der Waals surface area contributed by atoms with Gasteiger partial charge in [-0.2, -0.15) is 4.99 Å². The molecule has 0 unspecified atom stereocenters. The highest BCUT2D eigenvalue weighted by Gasteiger charge is 2.18. The number of amides is 1. The van der Waals surface area contributed by atoms with E-state index in [0.717, 1.165) is 16.0 Å². The fourth-order valence-corrected chi connectivity index (χ4v) is 4.23. The molecule has 3 rings (SSSR count). The number of rotatable bonds is 9. The highest BCUT2D eigenvalue weighted by molar-refractivity contribution is 7.16. The quantitative estimate of drug-likeness (QED) is 0.451. The molecule has 0 spiro atoms. The maximum absolute atomic E-state index is 13.2. The maximum atomic E-state index is 13.2. The van der Waals surface area contributed by atoms with Gasteiger partial charge in [0.05, 0.1) is 43.7 Å². The third-order valence-corrected chi connectivity index (χ3v) is 5.53. The van der Waals surface area contributed by atoms with E-state index < -0.39 is 5.91 Å². The zero-order valence-electron chi connectivity index (χ0n) is 18.6. The molecule has 0 radical (unpaired) electrons. The van der Waals surface area contributed by atoms with Gasteiger partial charge in [0.2, 0.25) is 5.75 Å². The van der Waals surface area contributed by atoms with Gasteiger partial charge in [-0.15, -0.1) is 6.42 Å². The van der Waals surface area contributed by atoms with Gasteiger partial charge in [-0.1, -0.05) is 17.3 Å². The van der Waals surface area contributed by atoms with Crippen LogP contribution >= 0.6 is 11.3 Å². The predicted molar refractivity (Wildman–Crippen MR) is 125 cm³/mol. The third-order valence-electron chi connectivity index (χ3n) is 4.49. The summed E-state index contributed by atoms with van der Waals surface area (Å²) in [5, 5.41) is 0. The van der Waals surface area contributed by atoms with Crippen molar-refractivity contribution in [1.29, 1.82) is 0 Å². The summed E-state index contributed by atoms with van der Waals surface area (Å²) in [6.45, 7) is 7.17. The number of hydrogen-bond donors (Lipinski definition) is 0. The summed E-state index contributed by atoms with van der Waals surface area (Å²) in [4.78, 5) is 18.0. The van der Waals surface area contributed by atoms with E-state index in [1.807, 2.05) is 43.5 Å². The van der Waals surface area contributed by atoms with Crippen LogP contribution in [0.15, 0.2) is 35.3 Å². The second-order valence-electron chi connectivity index (χ2n) is 6.53. The molecule has 1 heterocycles. The van der Waals surface area contributed by atoms with Gasteiger partial charge in [-0.05, 0) is 51.1 Å². The first-order valence-corrected chi connectivity index (χ1v) is 11.1. The Kier molecular flexibility index (Phi) is 7.79. The molecule has 7 nitrogen and oxygen atoms in total. The van der Waals surface area contributed by atoms with Crippen molar-refractivity contribution in [3.05, 3.63) is 40.7 Å². The minimum atomic E-state index is -0.431. The van der Waals surface area contributed by atoms with Crippen molar-refractivity contribution >= 4 is 27.5 Å². The number of nitrogens with zero attached hydrogens (tertiary/aromatic N) is 2. The first-order valence-electron chi connectivity index (χ1n) is 10.3. The molecule has 2 aromatic carbocycles. The van der Waals surface area contributed by atoms with Gasteiger partial charge in [-0.25, -0.2) is 0 Å². The first-order chi connectivity index (χ1) is 15.6. The summed E-state index contributed by atoms with van der Waals surface area (Å²) in [6, 6.07) is 8.91. The van der Waals surface area contributed by atoms with Gasteiger partial charge in [-0.3, -0.25) is 4.79 Å². The summed E-state index contributed by atoms with van der Waals surface area (Å²) >= 11 is 1.37. The number of aromatic nitrogens is 1. The van der Waals surface area contributed by atoms with E-state index in [-0.39, 0.29) is 6.54 Å². The molecule has 3 aromatic rings. The van der Waals surface area contributed by atoms with Crippen molar-refractivity contribution in [3.63, 3.8) is 0 Å². The molecule has 8 heteroatoms. The molecular formula is C24H26N2O5S. The summed E-state index contributed by atoms with van der Waals surface area (Å²) < 4.78 is 25.2. The Morgan fingerprint density at radius 1 is 1.06 bits per heavy atom. The number of ether oxygens (including phenoxy) is 4. The van der Waals surface area contributed by atoms with E-state index in [0.29, 0.717) is 47.4 Å². The Labute approximate surface area is 191 Å². The van der Waals surface area contributed by atoms with Crippen LogP contribution in [0.25, 0.3) is 10.2 Å². The van der Waals surface area contributed by atoms with Crippen LogP contribution in [-0.4, -0.2) is 37.4 Å². The van der Waals surface area contributed by atoms with Crippen molar-refractivity contribution in [2.75, 3.05) is 26.9 Å². The SMILES string of the molecule is C#CCn1c(=NC(=O)c2cc(OCC)c(OCC)c(OCC)c2)sc2cc(OC)ccc21. The van der Waals surface area contributed by atoms with Gasteiger partial charge < -0.3 is 23.5 Å². The Balaban J connectivity index is 2.13. The number of hydrogen-bond acceptors (Lipinski definition) is 6. The molecule has 0 aliphatic heterocycles. The molecule has 0 aliphatic carbocycles. The van der Waals surface area contributed by atoms with Gasteiger partial charge in [0.1, 0.15) is 5.75 Å². The van der Waals surface area contributed by atoms with E-state index in [1.54, 1.807) is 19.2 Å². The lowest BCUT2D eigenvalue weighted by Crippen LogP contribution is -2.16. The van der Waals surface area contributed by atoms with E-state index in [1.165, 1.54) is 11.3 Å². The standard InChI is InChI=1S/C24H26N2O5S/c1-6-12-26-18-11-10-17(28-5)15-21(18)32-24(26)25-23(27)16-13-19(29-7-2)22(31-9-4)20(14-16)30-8-3/h1,10-11,13-15H,7-9,12H2,2-5H3. The lowest BCUT2D eigenvalue weighted by Gasteiger charge is -2.16. The lowest BCUT2D eigenvalue weighted by atomic mass is 10.1. The minimum Gasteiger partial charge on any atom is -0.497 e. The normalized spacial score (nSPS) is 11.3. The van der Waals surface area contributed by atoms with Gasteiger partial charge in [0, 0.05) is 5.56 Å². The number of thiazole rings is 1. The van der Waals surface area contributed by atoms with Crippen molar-refractivity contribution in [1.82, 2.24) is 4.57 Å². The predicted octanol–water partition coefficient (Wildman–Crippen LogP) is 4.28. The molecule has 0 aliphatic rings. The summed E-state index contributed by atoms with van der Waals surface area (Å²) in [5.74, 6) is 4.28. The molecule has 0 bridgehead atoms. The van der Waals surface area contributed by atoms with E-state index in [2.05, 4.69) is 10.9 Å². The molecule has 0 saturated carbocycles. The maximum Gasteiger partial charge on any atom is 0.279 e. The van der Waals surface area contributed by atoms with Crippen molar-refractivity contribution < 1.29 is 23.7 Å². The van der Waals surface area contributed by atoms with Gasteiger partial charge >= 0.3 is 0 Å². The fraction of sp³-hybridized carbons (Fsp3) is 0.333. The summed E-state index contributed by atoms with van der Waals surface area (Å²) in [7, 11) is 1.61. The largest absolute Gasteiger partial charge is 0.497 e. The van der Waals surface area contributed by atoms with Crippen LogP contribution in [0.3, 0.4) is 0 Å². The number of fused-ring (bicyclic) bond motifs is 1. The smallest absolute Gasteiger partial charge is 0.279 e. The molecule has 168 valence electrons. The lowest BCUT2D eigenvalue weighted by molar-refractivity contribution is 0.0996. The number of methoxy groups -OCH3 is 1. The molecule has 32 heavy (non-hydrogen) atoms. The molecule has 1 amide bonds. The summed E-state index contributed by atoms with van der Waals surface area (Å²) in [5.41, 5.74) is 1.22. The number of terminal acetylenes is 1. The number of carbonyl (C=O) groups excluding carboxylic acids is 1. The molecule has 1 aromatic heterocycles. The topological polar surface area (TPSA) is 71.3 Å². The Hall–Kier alpha value is -3.44. The van der Waals surface area contributed by atoms with Crippen molar-refractivity contribution in [2.24, 2.45) is 4.99 Å². The highest BCUT2D eigenvalue weighted by atomic mass is 32.1. The number of benzene rings is 2. The van der Waals surface area contributed by atoms with Crippen LogP contribution in [0.2, 0.25) is 0 Å². The van der Waals surface area contributed by atoms with Crippen LogP contribution in [0.1, 0.15) is 31.1 Å². The van der Waals surface area contributed by atoms with E-state index in [4.69, 9.17) is 25.4 Å². The Bertz CT molecular complexity index is 1190. The Morgan fingerprint density at radius 2 is 1.72 bits per heavy atom. The first kappa shape index (κ1) is 23.2. The molecule has 0 fully saturated rings. The third kappa shape index (κ3) is 4.89. The second kappa shape index (κ2) is 10.7. The van der Waals surface area contributed by atoms with Crippen LogP contribution in [0.4, 0.5) is 0 Å². The van der Waals surface area contributed by atoms with Crippen LogP contribution < -0.4 is 23.7 Å². The van der Waals surface area contributed by atoms with Crippen LogP contribution in [0.5, 0.6) is 23.0 Å². The Morgan fingerprint density at radius 3 is 2.28 bits per heavy atom. The molecule has 0 saturated heterocycles. The highest BCUT2D eigenvalue weighted by Crippen LogP contribution is 2.39. The van der Waals surface area contributed by atoms with Crippen molar-refractivity contribution in [2.45, 2.75) is 27.3 Å². The van der Waals surface area contributed by atoms with Crippen molar-refractivity contribution in [3.8, 4) is 35.3 Å². The fourth-order valence-electron chi connectivity index (χ4n) is 3.17. The second-order valence-corrected chi connectivity index (χ2v) is 7.54. The zero-order chi connectivity index (χ0) is 23.1. The minimum absolute atomic E-state index is 0.288. The summed E-state index contributed by atoms with van der Waals surface area (Å²) in [6.07, 6.45) is 5.56. The molecule has 0 N–H and O–H groups in total. The number of carbonyl (C=O) groups is 1. The zero-order valence-corrected chi connectivity index (χ0v) is 19.5. The van der Waals surface area contributed by atoms with Crippen LogP contribution in [-0.2, 0) is 6.54 Å². The average molecular weight is 455 g/mol. The molecule has 0 atom stereocenters. The monoisotopic (exact) mass is 454 g/mol. The van der Waals surface area contributed by atoms with E-state index in [9.17, 15) is 4.79 Å². The average Bonchev–Trinajstić information content (AvgIpc) is 3.12. The van der Waals surface area contributed by atoms with E-state index >= 15 is 0 Å².